The van der Waals surface area contributed by atoms with Crippen LogP contribution in [0.15, 0.2) is 18.2 Å². The molecule has 23 heavy (non-hydrogen) atoms. The number of carbonyl (C=O) groups is 2. The second kappa shape index (κ2) is 6.16. The van der Waals surface area contributed by atoms with Crippen molar-refractivity contribution in [3.8, 4) is 0 Å². The van der Waals surface area contributed by atoms with E-state index >= 15 is 0 Å². The summed E-state index contributed by atoms with van der Waals surface area (Å²) in [5, 5.41) is 2.58. The topological polar surface area (TPSA) is 78.7 Å². The van der Waals surface area contributed by atoms with Gasteiger partial charge in [-0.15, -0.1) is 0 Å². The molecule has 124 valence electrons. The van der Waals surface area contributed by atoms with Crippen LogP contribution in [0.3, 0.4) is 0 Å². The van der Waals surface area contributed by atoms with E-state index in [1.54, 1.807) is 19.1 Å². The van der Waals surface area contributed by atoms with Gasteiger partial charge in [-0.25, -0.2) is 9.18 Å². The highest BCUT2D eigenvalue weighted by Crippen LogP contribution is 2.30. The van der Waals surface area contributed by atoms with Gasteiger partial charge in [-0.2, -0.15) is 0 Å². The lowest BCUT2D eigenvalue weighted by molar-refractivity contribution is -0.125. The number of halogens is 1. The summed E-state index contributed by atoms with van der Waals surface area (Å²) in [5.41, 5.74) is 6.10. The Morgan fingerprint density at radius 1 is 1.30 bits per heavy atom. The molecular formula is C16H21FN4O2. The molecule has 1 aliphatic heterocycles. The highest BCUT2D eigenvalue weighted by atomic mass is 19.1. The third kappa shape index (κ3) is 3.29. The van der Waals surface area contributed by atoms with Gasteiger partial charge in [0.05, 0.1) is 5.69 Å². The Bertz CT molecular complexity index is 633. The molecule has 7 heteroatoms. The van der Waals surface area contributed by atoms with Crippen LogP contribution in [0.4, 0.5) is 14.9 Å². The molecule has 1 atom stereocenters. The van der Waals surface area contributed by atoms with Crippen molar-refractivity contribution in [3.05, 3.63) is 29.6 Å². The van der Waals surface area contributed by atoms with E-state index in [9.17, 15) is 14.0 Å². The van der Waals surface area contributed by atoms with E-state index in [1.165, 1.54) is 11.0 Å². The maximum absolute atomic E-state index is 14.0. The van der Waals surface area contributed by atoms with Crippen LogP contribution in [0.1, 0.15) is 18.4 Å². The third-order valence-electron chi connectivity index (χ3n) is 4.49. The van der Waals surface area contributed by atoms with Crippen molar-refractivity contribution in [2.24, 2.45) is 5.73 Å². The van der Waals surface area contributed by atoms with E-state index < -0.39 is 23.8 Å². The lowest BCUT2D eigenvalue weighted by Gasteiger charge is -2.40. The molecule has 2 fully saturated rings. The predicted octanol–water partition coefficient (Wildman–Crippen LogP) is 1.30. The molecule has 0 spiro atoms. The highest BCUT2D eigenvalue weighted by molar-refractivity contribution is 5.90. The first-order valence-electron chi connectivity index (χ1n) is 7.83. The predicted molar refractivity (Wildman–Crippen MR) is 84.4 cm³/mol. The molecule has 0 bridgehead atoms. The summed E-state index contributed by atoms with van der Waals surface area (Å²) in [6, 6.07) is 4.38. The molecule has 2 aliphatic rings. The maximum Gasteiger partial charge on any atom is 0.322 e. The van der Waals surface area contributed by atoms with Gasteiger partial charge in [0.15, 0.2) is 0 Å². The Morgan fingerprint density at radius 3 is 2.70 bits per heavy atom. The van der Waals surface area contributed by atoms with Crippen molar-refractivity contribution >= 4 is 17.6 Å². The summed E-state index contributed by atoms with van der Waals surface area (Å²) in [7, 11) is 0. The summed E-state index contributed by atoms with van der Waals surface area (Å²) >= 11 is 0. The van der Waals surface area contributed by atoms with Crippen molar-refractivity contribution in [1.29, 1.82) is 0 Å². The minimum absolute atomic E-state index is 0.148. The molecular weight excluding hydrogens is 299 g/mol. The van der Waals surface area contributed by atoms with Crippen LogP contribution in [0.2, 0.25) is 0 Å². The number of hydrogen-bond donors (Lipinski definition) is 2. The molecule has 1 saturated carbocycles. The van der Waals surface area contributed by atoms with Crippen molar-refractivity contribution in [2.75, 3.05) is 25.0 Å². The number of urea groups is 1. The summed E-state index contributed by atoms with van der Waals surface area (Å²) in [6.07, 6.45) is 2.15. The Balaban J connectivity index is 1.68. The van der Waals surface area contributed by atoms with Crippen LogP contribution in [0.25, 0.3) is 0 Å². The summed E-state index contributed by atoms with van der Waals surface area (Å²) in [6.45, 7) is 3.00. The second-order valence-electron chi connectivity index (χ2n) is 6.20. The Labute approximate surface area is 134 Å². The normalized spacial score (nSPS) is 22.0. The standard InChI is InChI=1S/C16H21FN4O2/c1-10-3-2-4-12(14(10)17)19-16(23)20-7-8-21(11-5-6-11)13(9-20)15(18)22/h2-4,11,13H,5-9H2,1H3,(H2,18,22)(H,19,23)/t13-/m0/s1. The smallest absolute Gasteiger partial charge is 0.322 e. The van der Waals surface area contributed by atoms with Gasteiger partial charge in [0.2, 0.25) is 5.91 Å². The largest absolute Gasteiger partial charge is 0.368 e. The zero-order valence-electron chi connectivity index (χ0n) is 13.1. The van der Waals surface area contributed by atoms with E-state index in [0.29, 0.717) is 24.7 Å². The minimum Gasteiger partial charge on any atom is -0.368 e. The number of aryl methyl sites for hydroxylation is 1. The number of hydrogen-bond acceptors (Lipinski definition) is 3. The lowest BCUT2D eigenvalue weighted by Crippen LogP contribution is -2.60. The first-order chi connectivity index (χ1) is 11.0. The van der Waals surface area contributed by atoms with Crippen LogP contribution in [0.5, 0.6) is 0 Å². The van der Waals surface area contributed by atoms with Crippen LogP contribution in [0, 0.1) is 12.7 Å². The van der Waals surface area contributed by atoms with E-state index in [-0.39, 0.29) is 12.2 Å². The average molecular weight is 320 g/mol. The number of benzene rings is 1. The fourth-order valence-corrected chi connectivity index (χ4v) is 3.02. The van der Waals surface area contributed by atoms with Crippen molar-refractivity contribution in [3.63, 3.8) is 0 Å². The molecule has 1 aromatic carbocycles. The number of nitrogens with one attached hydrogen (secondary N) is 1. The number of piperazine rings is 1. The maximum atomic E-state index is 14.0. The Hall–Kier alpha value is -2.15. The van der Waals surface area contributed by atoms with Crippen LogP contribution < -0.4 is 11.1 Å². The molecule has 0 unspecified atom stereocenters. The number of nitrogens with two attached hydrogens (primary N) is 1. The molecule has 1 aromatic rings. The average Bonchev–Trinajstić information content (AvgIpc) is 3.36. The molecule has 1 heterocycles. The highest BCUT2D eigenvalue weighted by Gasteiger charge is 2.40. The zero-order valence-corrected chi connectivity index (χ0v) is 13.1. The van der Waals surface area contributed by atoms with E-state index in [2.05, 4.69) is 10.2 Å². The number of nitrogens with zero attached hydrogens (tertiary/aromatic N) is 2. The zero-order chi connectivity index (χ0) is 16.6. The molecule has 0 radical (unpaired) electrons. The Morgan fingerprint density at radius 2 is 2.04 bits per heavy atom. The number of carbonyl (C=O) groups excluding carboxylic acids is 2. The number of primary amides is 1. The number of amides is 3. The van der Waals surface area contributed by atoms with Gasteiger partial charge < -0.3 is 16.0 Å². The first-order valence-corrected chi connectivity index (χ1v) is 7.83. The number of rotatable bonds is 3. The van der Waals surface area contributed by atoms with E-state index in [1.807, 2.05) is 0 Å². The van der Waals surface area contributed by atoms with Crippen LogP contribution in [-0.4, -0.2) is 53.5 Å². The van der Waals surface area contributed by atoms with E-state index in [4.69, 9.17) is 5.73 Å². The fourth-order valence-electron chi connectivity index (χ4n) is 3.02. The van der Waals surface area contributed by atoms with Crippen molar-refractivity contribution in [1.82, 2.24) is 9.80 Å². The van der Waals surface area contributed by atoms with Crippen LogP contribution >= 0.6 is 0 Å². The first kappa shape index (κ1) is 15.7. The van der Waals surface area contributed by atoms with Gasteiger partial charge in [-0.05, 0) is 31.4 Å². The molecule has 1 saturated heterocycles. The summed E-state index contributed by atoms with van der Waals surface area (Å²) in [5.74, 6) is -0.861. The monoisotopic (exact) mass is 320 g/mol. The summed E-state index contributed by atoms with van der Waals surface area (Å²) < 4.78 is 14.0. The minimum atomic E-state index is -0.468. The quantitative estimate of drug-likeness (QED) is 0.881. The lowest BCUT2D eigenvalue weighted by atomic mass is 10.1. The van der Waals surface area contributed by atoms with Gasteiger partial charge in [-0.1, -0.05) is 12.1 Å². The number of anilines is 1. The van der Waals surface area contributed by atoms with Gasteiger partial charge in [0.1, 0.15) is 11.9 Å². The third-order valence-corrected chi connectivity index (χ3v) is 4.49. The molecule has 3 amide bonds. The van der Waals surface area contributed by atoms with Gasteiger partial charge in [0.25, 0.3) is 0 Å². The molecule has 1 aliphatic carbocycles. The van der Waals surface area contributed by atoms with Gasteiger partial charge in [-0.3, -0.25) is 9.69 Å². The van der Waals surface area contributed by atoms with Gasteiger partial charge >= 0.3 is 6.03 Å². The summed E-state index contributed by atoms with van der Waals surface area (Å²) in [4.78, 5) is 27.7. The van der Waals surface area contributed by atoms with Gasteiger partial charge in [0, 0.05) is 25.7 Å². The van der Waals surface area contributed by atoms with Crippen molar-refractivity contribution < 1.29 is 14.0 Å². The van der Waals surface area contributed by atoms with Crippen LogP contribution in [-0.2, 0) is 4.79 Å². The van der Waals surface area contributed by atoms with Crippen molar-refractivity contribution in [2.45, 2.75) is 31.8 Å². The molecule has 6 nitrogen and oxygen atoms in total. The van der Waals surface area contributed by atoms with E-state index in [0.717, 1.165) is 12.8 Å². The molecule has 3 N–H and O–H groups in total. The SMILES string of the molecule is Cc1cccc(NC(=O)N2CCN(C3CC3)[C@H](C(N)=O)C2)c1F. The molecule has 0 aromatic heterocycles. The fraction of sp³-hybridized carbons (Fsp3) is 0.500. The molecule has 3 rings (SSSR count). The Kier molecular flexibility index (Phi) is 4.21. The second-order valence-corrected chi connectivity index (χ2v) is 6.20.